The predicted octanol–water partition coefficient (Wildman–Crippen LogP) is 3.11. The first-order valence-corrected chi connectivity index (χ1v) is 6.46. The van der Waals surface area contributed by atoms with Gasteiger partial charge in [-0.1, -0.05) is 27.7 Å². The van der Waals surface area contributed by atoms with Gasteiger partial charge in [0.15, 0.2) is 5.78 Å². The molecule has 2 nitrogen and oxygen atoms in total. The van der Waals surface area contributed by atoms with Gasteiger partial charge in [-0.3, -0.25) is 9.69 Å². The maximum atomic E-state index is 12.6. The number of Topliss-reactive ketones (excluding diaryl/α,β-unsaturated/α-hetero) is 1. The zero-order valence-corrected chi connectivity index (χ0v) is 11.8. The van der Waals surface area contributed by atoms with E-state index in [4.69, 9.17) is 0 Å². The van der Waals surface area contributed by atoms with Crippen LogP contribution >= 0.6 is 0 Å². The molecule has 0 aliphatic carbocycles. The van der Waals surface area contributed by atoms with E-state index in [-0.39, 0.29) is 16.9 Å². The maximum Gasteiger partial charge on any atom is 0.155 e. The minimum Gasteiger partial charge on any atom is -0.297 e. The van der Waals surface area contributed by atoms with Crippen LogP contribution in [0.15, 0.2) is 0 Å². The van der Waals surface area contributed by atoms with Crippen LogP contribution in [-0.4, -0.2) is 29.3 Å². The molecule has 1 aliphatic heterocycles. The van der Waals surface area contributed by atoms with Gasteiger partial charge in [0.05, 0.1) is 5.54 Å². The molecule has 0 unspecified atom stereocenters. The summed E-state index contributed by atoms with van der Waals surface area (Å²) in [7, 11) is 0. The Balaban J connectivity index is 2.78. The van der Waals surface area contributed by atoms with E-state index in [1.165, 1.54) is 12.8 Å². The zero-order chi connectivity index (χ0) is 12.6. The average molecular weight is 225 g/mol. The van der Waals surface area contributed by atoms with Crippen LogP contribution in [0.5, 0.6) is 0 Å². The lowest BCUT2D eigenvalue weighted by atomic mass is 9.74. The molecular weight excluding hydrogens is 198 g/mol. The Morgan fingerprint density at radius 1 is 1.06 bits per heavy atom. The molecule has 0 aromatic heterocycles. The van der Waals surface area contributed by atoms with Gasteiger partial charge in [-0.05, 0) is 45.2 Å². The summed E-state index contributed by atoms with van der Waals surface area (Å²) in [5.74, 6) is 0.505. The van der Waals surface area contributed by atoms with Crippen LogP contribution in [-0.2, 0) is 4.79 Å². The van der Waals surface area contributed by atoms with Gasteiger partial charge >= 0.3 is 0 Å². The van der Waals surface area contributed by atoms with E-state index in [0.29, 0.717) is 5.78 Å². The Morgan fingerprint density at radius 3 is 1.88 bits per heavy atom. The fourth-order valence-electron chi connectivity index (χ4n) is 2.36. The van der Waals surface area contributed by atoms with Crippen LogP contribution < -0.4 is 0 Å². The number of carbonyl (C=O) groups excluding carboxylic acids is 1. The van der Waals surface area contributed by atoms with Crippen molar-refractivity contribution >= 4 is 5.78 Å². The van der Waals surface area contributed by atoms with Crippen LogP contribution in [0.25, 0.3) is 0 Å². The largest absolute Gasteiger partial charge is 0.297 e. The van der Waals surface area contributed by atoms with E-state index in [9.17, 15) is 4.79 Å². The van der Waals surface area contributed by atoms with Crippen molar-refractivity contribution in [3.05, 3.63) is 0 Å². The molecule has 0 bridgehead atoms. The molecule has 1 saturated heterocycles. The number of hydrogen-bond acceptors (Lipinski definition) is 2. The Hall–Kier alpha value is -0.370. The Kier molecular flexibility index (Phi) is 3.83. The standard InChI is InChI=1S/C14H27NO/c1-11(13(2,3)4)12(16)14(5,6)15-9-7-8-10-15/h11H,7-10H2,1-6H3/t11-/m0/s1. The molecule has 0 spiro atoms. The molecule has 0 amide bonds. The third-order valence-corrected chi connectivity index (χ3v) is 4.19. The van der Waals surface area contributed by atoms with Gasteiger partial charge in [0.1, 0.15) is 0 Å². The van der Waals surface area contributed by atoms with Crippen molar-refractivity contribution in [2.24, 2.45) is 11.3 Å². The van der Waals surface area contributed by atoms with Crippen LogP contribution in [0.2, 0.25) is 0 Å². The van der Waals surface area contributed by atoms with Gasteiger partial charge in [0.2, 0.25) is 0 Å². The smallest absolute Gasteiger partial charge is 0.155 e. The second-order valence-electron chi connectivity index (χ2n) is 6.71. The summed E-state index contributed by atoms with van der Waals surface area (Å²) in [6, 6.07) is 0. The van der Waals surface area contributed by atoms with E-state index >= 15 is 0 Å². The fraction of sp³-hybridized carbons (Fsp3) is 0.929. The molecule has 0 saturated carbocycles. The lowest BCUT2D eigenvalue weighted by Gasteiger charge is -2.39. The zero-order valence-electron chi connectivity index (χ0n) is 11.8. The first-order valence-electron chi connectivity index (χ1n) is 6.46. The maximum absolute atomic E-state index is 12.6. The molecule has 1 heterocycles. The van der Waals surface area contributed by atoms with Crippen molar-refractivity contribution in [3.8, 4) is 0 Å². The predicted molar refractivity (Wildman–Crippen MR) is 68.5 cm³/mol. The molecule has 94 valence electrons. The number of nitrogens with zero attached hydrogens (tertiary/aromatic N) is 1. The summed E-state index contributed by atoms with van der Waals surface area (Å²) in [4.78, 5) is 14.9. The lowest BCUT2D eigenvalue weighted by Crippen LogP contribution is -2.52. The molecular formula is C14H27NO. The van der Waals surface area contributed by atoms with Crippen molar-refractivity contribution in [2.45, 2.75) is 59.9 Å². The Morgan fingerprint density at radius 2 is 1.50 bits per heavy atom. The minimum atomic E-state index is -0.288. The molecule has 1 atom stereocenters. The number of hydrogen-bond donors (Lipinski definition) is 0. The normalized spacial score (nSPS) is 21.1. The molecule has 16 heavy (non-hydrogen) atoms. The number of carbonyl (C=O) groups is 1. The highest BCUT2D eigenvalue weighted by molar-refractivity contribution is 5.90. The van der Waals surface area contributed by atoms with Crippen LogP contribution in [0.4, 0.5) is 0 Å². The third kappa shape index (κ3) is 2.65. The number of ketones is 1. The van der Waals surface area contributed by atoms with Gasteiger partial charge in [-0.15, -0.1) is 0 Å². The summed E-state index contributed by atoms with van der Waals surface area (Å²) < 4.78 is 0. The molecule has 1 fully saturated rings. The van der Waals surface area contributed by atoms with E-state index in [2.05, 4.69) is 46.4 Å². The molecule has 0 N–H and O–H groups in total. The van der Waals surface area contributed by atoms with Gasteiger partial charge in [-0.25, -0.2) is 0 Å². The number of likely N-dealkylation sites (tertiary alicyclic amines) is 1. The summed E-state index contributed by atoms with van der Waals surface area (Å²) in [5, 5.41) is 0. The highest BCUT2D eigenvalue weighted by atomic mass is 16.1. The van der Waals surface area contributed by atoms with Crippen molar-refractivity contribution in [3.63, 3.8) is 0 Å². The van der Waals surface area contributed by atoms with E-state index < -0.39 is 0 Å². The highest BCUT2D eigenvalue weighted by Gasteiger charge is 2.41. The third-order valence-electron chi connectivity index (χ3n) is 4.19. The molecule has 1 aliphatic rings. The Bertz CT molecular complexity index is 256. The lowest BCUT2D eigenvalue weighted by molar-refractivity contribution is -0.135. The second kappa shape index (κ2) is 4.48. The van der Waals surface area contributed by atoms with Gasteiger partial charge < -0.3 is 0 Å². The molecule has 1 rings (SSSR count). The van der Waals surface area contributed by atoms with E-state index in [1.54, 1.807) is 0 Å². The average Bonchev–Trinajstić information content (AvgIpc) is 2.67. The quantitative estimate of drug-likeness (QED) is 0.735. The summed E-state index contributed by atoms with van der Waals surface area (Å²) in [5.41, 5.74) is -0.225. The molecule has 0 radical (unpaired) electrons. The van der Waals surface area contributed by atoms with Gasteiger partial charge in [0.25, 0.3) is 0 Å². The van der Waals surface area contributed by atoms with Crippen LogP contribution in [0, 0.1) is 11.3 Å². The number of rotatable bonds is 3. The first-order chi connectivity index (χ1) is 7.17. The highest BCUT2D eigenvalue weighted by Crippen LogP contribution is 2.32. The monoisotopic (exact) mass is 225 g/mol. The summed E-state index contributed by atoms with van der Waals surface area (Å²) >= 11 is 0. The molecule has 0 aromatic carbocycles. The van der Waals surface area contributed by atoms with E-state index in [0.717, 1.165) is 13.1 Å². The van der Waals surface area contributed by atoms with Gasteiger partial charge in [0, 0.05) is 5.92 Å². The topological polar surface area (TPSA) is 20.3 Å². The van der Waals surface area contributed by atoms with Crippen LogP contribution in [0.1, 0.15) is 54.4 Å². The van der Waals surface area contributed by atoms with E-state index in [1.807, 2.05) is 0 Å². The fourth-order valence-corrected chi connectivity index (χ4v) is 2.36. The van der Waals surface area contributed by atoms with Crippen molar-refractivity contribution < 1.29 is 4.79 Å². The molecule has 0 aromatic rings. The SMILES string of the molecule is C[C@@H](C(=O)C(C)(C)N1CCCC1)C(C)(C)C. The summed E-state index contributed by atoms with van der Waals surface area (Å²) in [6.07, 6.45) is 2.47. The summed E-state index contributed by atoms with van der Waals surface area (Å²) in [6.45, 7) is 14.8. The van der Waals surface area contributed by atoms with Crippen molar-refractivity contribution in [2.75, 3.05) is 13.1 Å². The van der Waals surface area contributed by atoms with Crippen LogP contribution in [0.3, 0.4) is 0 Å². The van der Waals surface area contributed by atoms with Gasteiger partial charge in [-0.2, -0.15) is 0 Å². The van der Waals surface area contributed by atoms with Crippen molar-refractivity contribution in [1.82, 2.24) is 4.90 Å². The first kappa shape index (κ1) is 13.7. The second-order valence-corrected chi connectivity index (χ2v) is 6.71. The van der Waals surface area contributed by atoms with Crippen molar-refractivity contribution in [1.29, 1.82) is 0 Å². The Labute approximate surface area is 100 Å². The minimum absolute atomic E-state index is 0.0636. The molecule has 2 heteroatoms.